The predicted molar refractivity (Wildman–Crippen MR) is 99.8 cm³/mol. The number of piperidine rings is 1. The fourth-order valence-corrected chi connectivity index (χ4v) is 3.57. The summed E-state index contributed by atoms with van der Waals surface area (Å²) in [7, 11) is 0. The maximum Gasteiger partial charge on any atom is 0.251 e. The molecule has 1 fully saturated rings. The Kier molecular flexibility index (Phi) is 4.37. The van der Waals surface area contributed by atoms with E-state index in [0.717, 1.165) is 48.9 Å². The monoisotopic (exact) mass is 334 g/mol. The molecule has 5 nitrogen and oxygen atoms in total. The first kappa shape index (κ1) is 15.7. The lowest BCUT2D eigenvalue weighted by Gasteiger charge is -2.33. The third-order valence-corrected chi connectivity index (χ3v) is 5.03. The molecule has 3 aromatic rings. The number of carbonyl (C=O) groups excluding carboxylic acids is 1. The summed E-state index contributed by atoms with van der Waals surface area (Å²) < 4.78 is 0. The van der Waals surface area contributed by atoms with Crippen molar-refractivity contribution >= 4 is 22.5 Å². The summed E-state index contributed by atoms with van der Waals surface area (Å²) in [5.74, 6) is 0.550. The maximum atomic E-state index is 12.5. The Morgan fingerprint density at radius 1 is 1.16 bits per heavy atom. The third kappa shape index (κ3) is 3.36. The molecular formula is C20H22N4O. The number of anilines is 1. The predicted octanol–water partition coefficient (Wildman–Crippen LogP) is 3.21. The zero-order chi connectivity index (χ0) is 17.1. The van der Waals surface area contributed by atoms with Crippen molar-refractivity contribution in [2.75, 3.05) is 24.5 Å². The highest BCUT2D eigenvalue weighted by Gasteiger charge is 2.20. The number of hydrogen-bond acceptors (Lipinski definition) is 3. The molecule has 4 rings (SSSR count). The van der Waals surface area contributed by atoms with Crippen molar-refractivity contribution in [3.05, 3.63) is 60.6 Å². The Balaban J connectivity index is 1.32. The van der Waals surface area contributed by atoms with Crippen molar-refractivity contribution in [1.82, 2.24) is 15.3 Å². The van der Waals surface area contributed by atoms with Gasteiger partial charge in [0.1, 0.15) is 0 Å². The van der Waals surface area contributed by atoms with Gasteiger partial charge in [-0.15, -0.1) is 0 Å². The molecule has 0 radical (unpaired) electrons. The number of nitrogens with one attached hydrogen (secondary N) is 2. The van der Waals surface area contributed by atoms with E-state index in [0.29, 0.717) is 5.92 Å². The molecule has 0 atom stereocenters. The molecule has 1 aliphatic rings. The van der Waals surface area contributed by atoms with Crippen LogP contribution in [-0.2, 0) is 0 Å². The van der Waals surface area contributed by atoms with Crippen molar-refractivity contribution in [3.8, 4) is 0 Å². The van der Waals surface area contributed by atoms with E-state index in [1.807, 2.05) is 42.9 Å². The number of nitrogens with zero attached hydrogens (tertiary/aromatic N) is 2. The average molecular weight is 334 g/mol. The largest absolute Gasteiger partial charge is 0.371 e. The molecule has 0 unspecified atom stereocenters. The average Bonchev–Trinajstić information content (AvgIpc) is 3.16. The van der Waals surface area contributed by atoms with Gasteiger partial charge in [-0.3, -0.25) is 9.78 Å². The van der Waals surface area contributed by atoms with Gasteiger partial charge < -0.3 is 15.2 Å². The lowest BCUT2D eigenvalue weighted by Crippen LogP contribution is -2.38. The lowest BCUT2D eigenvalue weighted by atomic mass is 9.96. The highest BCUT2D eigenvalue weighted by molar-refractivity contribution is 6.06. The van der Waals surface area contributed by atoms with E-state index < -0.39 is 0 Å². The van der Waals surface area contributed by atoms with Crippen LogP contribution in [0.5, 0.6) is 0 Å². The van der Waals surface area contributed by atoms with E-state index in [-0.39, 0.29) is 5.91 Å². The fourth-order valence-electron chi connectivity index (χ4n) is 3.57. The number of benzene rings is 1. The number of aromatic amines is 1. The first-order valence-electron chi connectivity index (χ1n) is 8.80. The second-order valence-electron chi connectivity index (χ2n) is 6.59. The second kappa shape index (κ2) is 6.97. The van der Waals surface area contributed by atoms with Crippen LogP contribution in [0.15, 0.2) is 55.0 Å². The minimum Gasteiger partial charge on any atom is -0.371 e. The van der Waals surface area contributed by atoms with Crippen LogP contribution in [0.3, 0.4) is 0 Å². The van der Waals surface area contributed by atoms with Crippen LogP contribution in [-0.4, -0.2) is 35.5 Å². The molecule has 0 bridgehead atoms. The minimum absolute atomic E-state index is 0.0155. The van der Waals surface area contributed by atoms with E-state index in [9.17, 15) is 4.79 Å². The van der Waals surface area contributed by atoms with Gasteiger partial charge in [0.15, 0.2) is 0 Å². The van der Waals surface area contributed by atoms with Gasteiger partial charge in [0.05, 0.1) is 0 Å². The van der Waals surface area contributed by atoms with Crippen LogP contribution in [0.2, 0.25) is 0 Å². The highest BCUT2D eigenvalue weighted by atomic mass is 16.1. The Bertz CT molecular complexity index is 850. The summed E-state index contributed by atoms with van der Waals surface area (Å²) in [4.78, 5) is 22.2. The van der Waals surface area contributed by atoms with E-state index in [1.54, 1.807) is 0 Å². The number of aromatic nitrogens is 2. The quantitative estimate of drug-likeness (QED) is 0.770. The summed E-state index contributed by atoms with van der Waals surface area (Å²) in [6.45, 7) is 2.79. The first-order chi connectivity index (χ1) is 12.3. The first-order valence-corrected chi connectivity index (χ1v) is 8.80. The van der Waals surface area contributed by atoms with Gasteiger partial charge in [0.2, 0.25) is 0 Å². The van der Waals surface area contributed by atoms with Gasteiger partial charge in [0, 0.05) is 60.4 Å². The maximum absolute atomic E-state index is 12.5. The number of pyridine rings is 1. The summed E-state index contributed by atoms with van der Waals surface area (Å²) in [5, 5.41) is 4.10. The van der Waals surface area contributed by atoms with Crippen molar-refractivity contribution in [2.24, 2.45) is 5.92 Å². The van der Waals surface area contributed by atoms with Crippen LogP contribution in [0.25, 0.3) is 10.9 Å². The number of carbonyl (C=O) groups is 1. The van der Waals surface area contributed by atoms with Crippen molar-refractivity contribution in [2.45, 2.75) is 12.8 Å². The van der Waals surface area contributed by atoms with Gasteiger partial charge in [-0.1, -0.05) is 6.07 Å². The van der Waals surface area contributed by atoms with Crippen molar-refractivity contribution in [1.29, 1.82) is 0 Å². The van der Waals surface area contributed by atoms with Crippen molar-refractivity contribution in [3.63, 3.8) is 0 Å². The van der Waals surface area contributed by atoms with Crippen LogP contribution >= 0.6 is 0 Å². The van der Waals surface area contributed by atoms with Crippen LogP contribution in [0, 0.1) is 5.92 Å². The second-order valence-corrected chi connectivity index (χ2v) is 6.59. The molecular weight excluding hydrogens is 312 g/mol. The molecule has 128 valence electrons. The van der Waals surface area contributed by atoms with Gasteiger partial charge in [-0.25, -0.2) is 0 Å². The van der Waals surface area contributed by atoms with Gasteiger partial charge in [0.25, 0.3) is 5.91 Å². The number of H-pyrrole nitrogens is 1. The normalized spacial score (nSPS) is 15.4. The number of amides is 1. The molecule has 5 heteroatoms. The Labute approximate surface area is 147 Å². The molecule has 1 aliphatic heterocycles. The summed E-state index contributed by atoms with van der Waals surface area (Å²) in [6, 6.07) is 11.9. The molecule has 2 aromatic heterocycles. The molecule has 0 spiro atoms. The molecule has 0 saturated carbocycles. The summed E-state index contributed by atoms with van der Waals surface area (Å²) in [6.07, 6.45) is 7.73. The van der Waals surface area contributed by atoms with E-state index >= 15 is 0 Å². The fraction of sp³-hybridized carbons (Fsp3) is 0.300. The molecule has 1 amide bonds. The molecule has 2 N–H and O–H groups in total. The smallest absolute Gasteiger partial charge is 0.251 e. The van der Waals surface area contributed by atoms with E-state index in [2.05, 4.69) is 32.3 Å². The minimum atomic E-state index is 0.0155. The van der Waals surface area contributed by atoms with Crippen LogP contribution in [0.4, 0.5) is 5.69 Å². The van der Waals surface area contributed by atoms with Crippen LogP contribution in [0.1, 0.15) is 23.2 Å². The molecule has 25 heavy (non-hydrogen) atoms. The zero-order valence-electron chi connectivity index (χ0n) is 14.1. The summed E-state index contributed by atoms with van der Waals surface area (Å²) >= 11 is 0. The van der Waals surface area contributed by atoms with E-state index in [4.69, 9.17) is 0 Å². The zero-order valence-corrected chi connectivity index (χ0v) is 14.1. The Hall–Kier alpha value is -2.82. The Morgan fingerprint density at radius 2 is 1.96 bits per heavy atom. The molecule has 1 saturated heterocycles. The number of hydrogen-bond donors (Lipinski definition) is 2. The SMILES string of the molecule is O=C(NCC1CCN(c2ccncc2)CC1)c1cccc2[nH]ccc12. The van der Waals surface area contributed by atoms with Crippen LogP contribution < -0.4 is 10.2 Å². The lowest BCUT2D eigenvalue weighted by molar-refractivity contribution is 0.0946. The molecule has 0 aliphatic carbocycles. The number of fused-ring (bicyclic) bond motifs is 1. The van der Waals surface area contributed by atoms with E-state index in [1.165, 1.54) is 5.69 Å². The summed E-state index contributed by atoms with van der Waals surface area (Å²) in [5.41, 5.74) is 2.97. The van der Waals surface area contributed by atoms with Gasteiger partial charge in [-0.2, -0.15) is 0 Å². The third-order valence-electron chi connectivity index (χ3n) is 5.03. The molecule has 1 aromatic carbocycles. The number of rotatable bonds is 4. The highest BCUT2D eigenvalue weighted by Crippen LogP contribution is 2.22. The van der Waals surface area contributed by atoms with Crippen molar-refractivity contribution < 1.29 is 4.79 Å². The van der Waals surface area contributed by atoms with Gasteiger partial charge >= 0.3 is 0 Å². The molecule has 3 heterocycles. The van der Waals surface area contributed by atoms with Gasteiger partial charge in [-0.05, 0) is 49.1 Å². The topological polar surface area (TPSA) is 61.0 Å². The Morgan fingerprint density at radius 3 is 2.76 bits per heavy atom. The standard InChI is InChI=1S/C20H22N4O/c25-20(18-2-1-3-19-17(18)6-11-22-19)23-14-15-7-12-24(13-8-15)16-4-9-21-10-5-16/h1-6,9-11,15,22H,7-8,12-14H2,(H,23,25).